The molecule has 18 heavy (non-hydrogen) atoms. The second kappa shape index (κ2) is 5.92. The van der Waals surface area contributed by atoms with Crippen molar-refractivity contribution in [1.82, 2.24) is 0 Å². The second-order valence-electron chi connectivity index (χ2n) is 4.17. The van der Waals surface area contributed by atoms with Gasteiger partial charge in [0.15, 0.2) is 0 Å². The van der Waals surface area contributed by atoms with Crippen LogP contribution < -0.4 is 10.6 Å². The van der Waals surface area contributed by atoms with Gasteiger partial charge in [0.25, 0.3) is 0 Å². The van der Waals surface area contributed by atoms with Crippen LogP contribution >= 0.6 is 0 Å². The fourth-order valence-corrected chi connectivity index (χ4v) is 2.04. The number of para-hydroxylation sites is 2. The SMILES string of the molecule is CC(/C=C/N)N(c1ccccc1)c1ccccc1. The van der Waals surface area contributed by atoms with Crippen LogP contribution in [0.2, 0.25) is 0 Å². The van der Waals surface area contributed by atoms with Crippen LogP contribution in [-0.4, -0.2) is 6.04 Å². The van der Waals surface area contributed by atoms with Crippen LogP contribution in [0.15, 0.2) is 72.9 Å². The molecule has 0 heterocycles. The minimum absolute atomic E-state index is 0.208. The van der Waals surface area contributed by atoms with Crippen molar-refractivity contribution in [3.63, 3.8) is 0 Å². The highest BCUT2D eigenvalue weighted by Gasteiger charge is 2.13. The standard InChI is InChI=1S/C16H18N2/c1-14(12-13-17)18(15-8-4-2-5-9-15)16-10-6-3-7-11-16/h2-14H,17H2,1H3/b13-12+. The van der Waals surface area contributed by atoms with Crippen LogP contribution in [0, 0.1) is 0 Å². The topological polar surface area (TPSA) is 29.3 Å². The molecule has 0 aliphatic carbocycles. The highest BCUT2D eigenvalue weighted by atomic mass is 15.2. The Morgan fingerprint density at radius 3 is 1.72 bits per heavy atom. The van der Waals surface area contributed by atoms with Crippen LogP contribution in [0.5, 0.6) is 0 Å². The number of benzene rings is 2. The van der Waals surface area contributed by atoms with Gasteiger partial charge >= 0.3 is 0 Å². The molecule has 0 bridgehead atoms. The van der Waals surface area contributed by atoms with Crippen molar-refractivity contribution in [2.75, 3.05) is 4.90 Å². The molecule has 0 saturated heterocycles. The lowest BCUT2D eigenvalue weighted by atomic mass is 10.1. The number of nitrogens with two attached hydrogens (primary N) is 1. The molecule has 2 aromatic rings. The van der Waals surface area contributed by atoms with Crippen molar-refractivity contribution in [3.8, 4) is 0 Å². The van der Waals surface area contributed by atoms with Crippen molar-refractivity contribution >= 4 is 11.4 Å². The Morgan fingerprint density at radius 1 is 0.889 bits per heavy atom. The quantitative estimate of drug-likeness (QED) is 0.880. The average Bonchev–Trinajstić information content (AvgIpc) is 2.42. The third kappa shape index (κ3) is 2.72. The number of hydrogen-bond donors (Lipinski definition) is 1. The van der Waals surface area contributed by atoms with Gasteiger partial charge in [-0.05, 0) is 43.5 Å². The Bertz CT molecular complexity index is 452. The van der Waals surface area contributed by atoms with Gasteiger partial charge in [-0.3, -0.25) is 0 Å². The molecule has 2 N–H and O–H groups in total. The van der Waals surface area contributed by atoms with Gasteiger partial charge in [-0.2, -0.15) is 0 Å². The Morgan fingerprint density at radius 2 is 1.33 bits per heavy atom. The highest BCUT2D eigenvalue weighted by molar-refractivity contribution is 5.64. The van der Waals surface area contributed by atoms with E-state index >= 15 is 0 Å². The van der Waals surface area contributed by atoms with E-state index in [2.05, 4.69) is 36.1 Å². The minimum Gasteiger partial charge on any atom is -0.405 e. The summed E-state index contributed by atoms with van der Waals surface area (Å²) >= 11 is 0. The molecular weight excluding hydrogens is 220 g/mol. The van der Waals surface area contributed by atoms with Gasteiger partial charge in [-0.1, -0.05) is 36.4 Å². The van der Waals surface area contributed by atoms with Crippen molar-refractivity contribution in [1.29, 1.82) is 0 Å². The molecule has 0 spiro atoms. The fraction of sp³-hybridized carbons (Fsp3) is 0.125. The second-order valence-corrected chi connectivity index (χ2v) is 4.17. The molecule has 0 aliphatic rings. The van der Waals surface area contributed by atoms with E-state index < -0.39 is 0 Å². The number of nitrogens with zero attached hydrogens (tertiary/aromatic N) is 1. The fourth-order valence-electron chi connectivity index (χ4n) is 2.04. The van der Waals surface area contributed by atoms with E-state index in [9.17, 15) is 0 Å². The molecule has 1 atom stereocenters. The summed E-state index contributed by atoms with van der Waals surface area (Å²) in [5.74, 6) is 0. The lowest BCUT2D eigenvalue weighted by Gasteiger charge is -2.29. The van der Waals surface area contributed by atoms with E-state index in [0.29, 0.717) is 0 Å². The Balaban J connectivity index is 2.41. The van der Waals surface area contributed by atoms with Crippen LogP contribution in [0.4, 0.5) is 11.4 Å². The van der Waals surface area contributed by atoms with Crippen molar-refractivity contribution < 1.29 is 0 Å². The summed E-state index contributed by atoms with van der Waals surface area (Å²) < 4.78 is 0. The monoisotopic (exact) mass is 238 g/mol. The molecule has 92 valence electrons. The van der Waals surface area contributed by atoms with Gasteiger partial charge in [0, 0.05) is 11.4 Å². The molecule has 0 fully saturated rings. The first kappa shape index (κ1) is 12.2. The largest absolute Gasteiger partial charge is 0.405 e. The van der Waals surface area contributed by atoms with Gasteiger partial charge in [-0.15, -0.1) is 0 Å². The highest BCUT2D eigenvalue weighted by Crippen LogP contribution is 2.27. The molecule has 0 radical (unpaired) electrons. The van der Waals surface area contributed by atoms with Crippen LogP contribution in [0.25, 0.3) is 0 Å². The van der Waals surface area contributed by atoms with E-state index in [1.165, 1.54) is 0 Å². The van der Waals surface area contributed by atoms with E-state index in [1.807, 2.05) is 42.5 Å². The molecule has 2 nitrogen and oxygen atoms in total. The first-order valence-electron chi connectivity index (χ1n) is 6.10. The van der Waals surface area contributed by atoms with Gasteiger partial charge < -0.3 is 10.6 Å². The Labute approximate surface area is 108 Å². The lowest BCUT2D eigenvalue weighted by Crippen LogP contribution is -2.26. The van der Waals surface area contributed by atoms with Crippen LogP contribution in [-0.2, 0) is 0 Å². The number of rotatable bonds is 4. The molecule has 1 unspecified atom stereocenters. The zero-order valence-corrected chi connectivity index (χ0v) is 10.5. The van der Waals surface area contributed by atoms with E-state index in [0.717, 1.165) is 11.4 Å². The third-order valence-corrected chi connectivity index (χ3v) is 2.87. The summed E-state index contributed by atoms with van der Waals surface area (Å²) in [5.41, 5.74) is 7.84. The minimum atomic E-state index is 0.208. The normalized spacial score (nSPS) is 12.5. The maximum atomic E-state index is 5.52. The first-order valence-corrected chi connectivity index (χ1v) is 6.10. The maximum absolute atomic E-state index is 5.52. The molecule has 2 heteroatoms. The zero-order chi connectivity index (χ0) is 12.8. The summed E-state index contributed by atoms with van der Waals surface area (Å²) in [6.45, 7) is 2.13. The summed E-state index contributed by atoms with van der Waals surface area (Å²) in [6, 6.07) is 20.9. The summed E-state index contributed by atoms with van der Waals surface area (Å²) in [4.78, 5) is 2.25. The van der Waals surface area contributed by atoms with E-state index in [1.54, 1.807) is 6.20 Å². The van der Waals surface area contributed by atoms with Gasteiger partial charge in [0.05, 0.1) is 6.04 Å². The molecule has 0 saturated carbocycles. The van der Waals surface area contributed by atoms with Crippen molar-refractivity contribution in [2.24, 2.45) is 5.73 Å². The molecule has 2 rings (SSSR count). The van der Waals surface area contributed by atoms with E-state index in [4.69, 9.17) is 5.73 Å². The predicted molar refractivity (Wildman–Crippen MR) is 77.8 cm³/mol. The molecular formula is C16H18N2. The van der Waals surface area contributed by atoms with Crippen molar-refractivity contribution in [2.45, 2.75) is 13.0 Å². The Hall–Kier alpha value is -2.22. The molecule has 0 aliphatic heterocycles. The van der Waals surface area contributed by atoms with Crippen LogP contribution in [0.3, 0.4) is 0 Å². The Kier molecular flexibility index (Phi) is 4.02. The molecule has 0 aromatic heterocycles. The molecule has 2 aromatic carbocycles. The van der Waals surface area contributed by atoms with E-state index in [-0.39, 0.29) is 6.04 Å². The van der Waals surface area contributed by atoms with Gasteiger partial charge in [-0.25, -0.2) is 0 Å². The molecule has 0 amide bonds. The van der Waals surface area contributed by atoms with Crippen molar-refractivity contribution in [3.05, 3.63) is 72.9 Å². The summed E-state index contributed by atoms with van der Waals surface area (Å²) in [5, 5.41) is 0. The smallest absolute Gasteiger partial charge is 0.0510 e. The maximum Gasteiger partial charge on any atom is 0.0510 e. The summed E-state index contributed by atoms with van der Waals surface area (Å²) in [7, 11) is 0. The number of anilines is 2. The lowest BCUT2D eigenvalue weighted by molar-refractivity contribution is 0.862. The van der Waals surface area contributed by atoms with Gasteiger partial charge in [0.1, 0.15) is 0 Å². The summed E-state index contributed by atoms with van der Waals surface area (Å²) in [6.07, 6.45) is 3.59. The third-order valence-electron chi connectivity index (χ3n) is 2.87. The van der Waals surface area contributed by atoms with Crippen LogP contribution in [0.1, 0.15) is 6.92 Å². The first-order chi connectivity index (χ1) is 8.83. The predicted octanol–water partition coefficient (Wildman–Crippen LogP) is 3.69. The average molecular weight is 238 g/mol. The zero-order valence-electron chi connectivity index (χ0n) is 10.5. The number of hydrogen-bond acceptors (Lipinski definition) is 2. The van der Waals surface area contributed by atoms with Gasteiger partial charge in [0.2, 0.25) is 0 Å².